The van der Waals surface area contributed by atoms with Crippen molar-refractivity contribution < 1.29 is 28.9 Å². The van der Waals surface area contributed by atoms with E-state index in [-0.39, 0.29) is 24.0 Å². The summed E-state index contributed by atoms with van der Waals surface area (Å²) in [6.07, 6.45) is 0.00192. The molecule has 1 unspecified atom stereocenters. The molecule has 4 rings (SSSR count). The molecule has 35 heavy (non-hydrogen) atoms. The Balaban J connectivity index is 1.83. The summed E-state index contributed by atoms with van der Waals surface area (Å²) >= 11 is 1.49. The number of ketones is 1. The van der Waals surface area contributed by atoms with Crippen LogP contribution in [0.25, 0.3) is 5.76 Å². The van der Waals surface area contributed by atoms with Crippen LogP contribution in [0.15, 0.2) is 65.6 Å². The number of nitrogens with zero attached hydrogens (tertiary/aromatic N) is 1. The summed E-state index contributed by atoms with van der Waals surface area (Å²) in [5, 5.41) is 13.2. The van der Waals surface area contributed by atoms with Gasteiger partial charge < -0.3 is 24.2 Å². The summed E-state index contributed by atoms with van der Waals surface area (Å²) in [5.74, 6) is -0.0195. The van der Waals surface area contributed by atoms with Crippen LogP contribution in [0.4, 0.5) is 0 Å². The first-order valence-electron chi connectivity index (χ1n) is 11.1. The quantitative estimate of drug-likeness (QED) is 0.265. The average Bonchev–Trinajstić information content (AvgIpc) is 3.45. The van der Waals surface area contributed by atoms with Crippen molar-refractivity contribution in [3.8, 4) is 17.2 Å². The van der Waals surface area contributed by atoms with Gasteiger partial charge in [-0.1, -0.05) is 12.1 Å². The molecule has 1 atom stereocenters. The molecule has 2 heterocycles. The number of ether oxygens (including phenoxy) is 3. The molecule has 0 bridgehead atoms. The number of methoxy groups -OCH3 is 2. The molecular formula is C27H27NO6S. The molecule has 7 nitrogen and oxygen atoms in total. The predicted octanol–water partition coefficient (Wildman–Crippen LogP) is 5.17. The lowest BCUT2D eigenvalue weighted by Gasteiger charge is -2.25. The molecular weight excluding hydrogens is 466 g/mol. The van der Waals surface area contributed by atoms with Gasteiger partial charge in [-0.05, 0) is 67.3 Å². The molecule has 0 aliphatic carbocycles. The number of hydrogen-bond acceptors (Lipinski definition) is 7. The Bertz CT molecular complexity index is 1250. The van der Waals surface area contributed by atoms with Crippen LogP contribution in [0.3, 0.4) is 0 Å². The maximum atomic E-state index is 13.2. The number of rotatable bonds is 8. The Morgan fingerprint density at radius 2 is 1.74 bits per heavy atom. The third kappa shape index (κ3) is 4.88. The van der Waals surface area contributed by atoms with Crippen LogP contribution in [0.1, 0.15) is 35.9 Å². The number of hydrogen-bond donors (Lipinski definition) is 1. The van der Waals surface area contributed by atoms with Crippen LogP contribution in [-0.2, 0) is 16.1 Å². The van der Waals surface area contributed by atoms with Crippen molar-refractivity contribution in [2.24, 2.45) is 0 Å². The Morgan fingerprint density at radius 1 is 1.03 bits per heavy atom. The fourth-order valence-corrected chi connectivity index (χ4v) is 4.80. The van der Waals surface area contributed by atoms with Crippen molar-refractivity contribution in [2.75, 3.05) is 14.2 Å². The van der Waals surface area contributed by atoms with Gasteiger partial charge in [-0.15, -0.1) is 11.3 Å². The summed E-state index contributed by atoms with van der Waals surface area (Å²) in [6, 6.07) is 15.0. The van der Waals surface area contributed by atoms with Crippen molar-refractivity contribution >= 4 is 28.8 Å². The topological polar surface area (TPSA) is 85.3 Å². The first-order chi connectivity index (χ1) is 16.8. The maximum absolute atomic E-state index is 13.2. The van der Waals surface area contributed by atoms with E-state index in [1.54, 1.807) is 42.5 Å². The lowest BCUT2D eigenvalue weighted by atomic mass is 9.95. The van der Waals surface area contributed by atoms with Crippen LogP contribution in [0.5, 0.6) is 17.2 Å². The normalized spacial score (nSPS) is 17.2. The summed E-state index contributed by atoms with van der Waals surface area (Å²) in [6.45, 7) is 4.08. The van der Waals surface area contributed by atoms with Gasteiger partial charge in [0.1, 0.15) is 11.5 Å². The number of benzene rings is 2. The zero-order chi connectivity index (χ0) is 25.1. The Kier molecular flexibility index (Phi) is 7.12. The van der Waals surface area contributed by atoms with E-state index >= 15 is 0 Å². The minimum absolute atomic E-state index is 0.00192. The zero-order valence-electron chi connectivity index (χ0n) is 20.0. The van der Waals surface area contributed by atoms with Crippen molar-refractivity contribution in [2.45, 2.75) is 32.5 Å². The second-order valence-electron chi connectivity index (χ2n) is 8.31. The van der Waals surface area contributed by atoms with Crippen LogP contribution in [-0.4, -0.2) is 42.0 Å². The maximum Gasteiger partial charge on any atom is 0.295 e. The highest BCUT2D eigenvalue weighted by Gasteiger charge is 2.46. The first kappa shape index (κ1) is 24.3. The number of carbonyl (C=O) groups is 2. The Labute approximate surface area is 208 Å². The molecule has 1 N–H and O–H groups in total. The van der Waals surface area contributed by atoms with E-state index in [9.17, 15) is 14.7 Å². The molecule has 0 saturated carbocycles. The van der Waals surface area contributed by atoms with Gasteiger partial charge in [0.25, 0.3) is 11.7 Å². The van der Waals surface area contributed by atoms with Crippen LogP contribution in [0.2, 0.25) is 0 Å². The van der Waals surface area contributed by atoms with Gasteiger partial charge in [-0.2, -0.15) is 0 Å². The summed E-state index contributed by atoms with van der Waals surface area (Å²) in [4.78, 5) is 28.8. The number of likely N-dealkylation sites (tertiary alicyclic amines) is 1. The van der Waals surface area contributed by atoms with Gasteiger partial charge in [0.2, 0.25) is 0 Å². The van der Waals surface area contributed by atoms with Gasteiger partial charge >= 0.3 is 0 Å². The van der Waals surface area contributed by atoms with Crippen molar-refractivity contribution in [1.82, 2.24) is 4.90 Å². The Hall–Kier alpha value is -3.78. The SMILES string of the molecule is COc1ccc(C2/C(=C(/O)c3ccc(OC(C)C)cc3)C(=O)C(=O)N2Cc2cccs2)cc1OC. The molecule has 1 amide bonds. The molecule has 1 fully saturated rings. The second kappa shape index (κ2) is 10.2. The molecule has 0 spiro atoms. The van der Waals surface area contributed by atoms with Gasteiger partial charge in [-0.3, -0.25) is 9.59 Å². The largest absolute Gasteiger partial charge is 0.507 e. The summed E-state index contributed by atoms with van der Waals surface area (Å²) < 4.78 is 16.5. The molecule has 1 aliphatic heterocycles. The molecule has 1 aliphatic rings. The molecule has 8 heteroatoms. The van der Waals surface area contributed by atoms with Crippen LogP contribution < -0.4 is 14.2 Å². The van der Waals surface area contributed by atoms with Crippen molar-refractivity contribution in [3.63, 3.8) is 0 Å². The van der Waals surface area contributed by atoms with Gasteiger partial charge in [0.05, 0.1) is 38.5 Å². The van der Waals surface area contributed by atoms with Crippen LogP contribution in [0, 0.1) is 0 Å². The number of Topliss-reactive ketones (excluding diaryl/α,β-unsaturated/α-hetero) is 1. The highest BCUT2D eigenvalue weighted by atomic mass is 32.1. The fraction of sp³-hybridized carbons (Fsp3) is 0.259. The van der Waals surface area contributed by atoms with Gasteiger partial charge in [-0.25, -0.2) is 0 Å². The van der Waals surface area contributed by atoms with Crippen molar-refractivity contribution in [1.29, 1.82) is 0 Å². The standard InChI is InChI=1S/C27H27NO6S/c1-16(2)34-19-10-7-17(8-11-19)25(29)23-24(18-9-12-21(32-3)22(14-18)33-4)28(27(31)26(23)30)15-20-6-5-13-35-20/h5-14,16,24,29H,15H2,1-4H3/b25-23-. The smallest absolute Gasteiger partial charge is 0.295 e. The molecule has 1 aromatic heterocycles. The Morgan fingerprint density at radius 3 is 2.34 bits per heavy atom. The molecule has 2 aromatic carbocycles. The lowest BCUT2D eigenvalue weighted by Crippen LogP contribution is -2.28. The van der Waals surface area contributed by atoms with E-state index in [2.05, 4.69) is 0 Å². The van der Waals surface area contributed by atoms with E-state index in [0.717, 1.165) is 4.88 Å². The third-order valence-corrected chi connectivity index (χ3v) is 6.53. The predicted molar refractivity (Wildman–Crippen MR) is 134 cm³/mol. The fourth-order valence-electron chi connectivity index (χ4n) is 4.10. The lowest BCUT2D eigenvalue weighted by molar-refractivity contribution is -0.140. The highest BCUT2D eigenvalue weighted by molar-refractivity contribution is 7.09. The number of aliphatic hydroxyl groups is 1. The van der Waals surface area contributed by atoms with E-state index in [0.29, 0.717) is 28.4 Å². The van der Waals surface area contributed by atoms with E-state index in [1.165, 1.54) is 30.5 Å². The minimum Gasteiger partial charge on any atom is -0.507 e. The zero-order valence-corrected chi connectivity index (χ0v) is 20.8. The highest BCUT2D eigenvalue weighted by Crippen LogP contribution is 2.43. The van der Waals surface area contributed by atoms with Gasteiger partial charge in [0.15, 0.2) is 11.5 Å². The average molecular weight is 494 g/mol. The third-order valence-electron chi connectivity index (χ3n) is 5.67. The van der Waals surface area contributed by atoms with Crippen LogP contribution >= 0.6 is 11.3 Å². The van der Waals surface area contributed by atoms with E-state index in [4.69, 9.17) is 14.2 Å². The van der Waals surface area contributed by atoms with Crippen molar-refractivity contribution in [3.05, 3.63) is 81.6 Å². The minimum atomic E-state index is -0.802. The summed E-state index contributed by atoms with van der Waals surface area (Å²) in [5.41, 5.74) is 1.07. The number of carbonyl (C=O) groups excluding carboxylic acids is 2. The first-order valence-corrected chi connectivity index (χ1v) is 12.0. The number of amides is 1. The molecule has 3 aromatic rings. The summed E-state index contributed by atoms with van der Waals surface area (Å²) in [7, 11) is 3.05. The second-order valence-corrected chi connectivity index (χ2v) is 9.34. The monoisotopic (exact) mass is 493 g/mol. The van der Waals surface area contributed by atoms with E-state index < -0.39 is 17.7 Å². The molecule has 1 saturated heterocycles. The molecule has 182 valence electrons. The number of thiophene rings is 1. The molecule has 0 radical (unpaired) electrons. The number of aliphatic hydroxyl groups excluding tert-OH is 1. The van der Waals surface area contributed by atoms with E-state index in [1.807, 2.05) is 31.4 Å². The van der Waals surface area contributed by atoms with Gasteiger partial charge in [0, 0.05) is 10.4 Å².